The highest BCUT2D eigenvalue weighted by atomic mass is 79.9. The van der Waals surface area contributed by atoms with Crippen molar-refractivity contribution in [3.63, 3.8) is 0 Å². The summed E-state index contributed by atoms with van der Waals surface area (Å²) in [5, 5.41) is 1.06. The predicted octanol–water partition coefficient (Wildman–Crippen LogP) is 3.55. The molecule has 0 aliphatic heterocycles. The summed E-state index contributed by atoms with van der Waals surface area (Å²) >= 11 is 5.23. The molecule has 3 rings (SSSR count). The van der Waals surface area contributed by atoms with Crippen LogP contribution in [0.2, 0.25) is 0 Å². The van der Waals surface area contributed by atoms with Crippen molar-refractivity contribution in [1.82, 2.24) is 4.98 Å². The number of rotatable bonds is 1. The standard InChI is InChI=1S/C13H10BrN2S/c1-16-7-9(6-10(14)8-16)13-15-11-4-2-3-5-12(11)17-13/h2-8H,1H3/q+1. The molecule has 0 spiro atoms. The number of thiazole rings is 1. The van der Waals surface area contributed by atoms with Gasteiger partial charge in [0, 0.05) is 0 Å². The summed E-state index contributed by atoms with van der Waals surface area (Å²) in [5.41, 5.74) is 2.21. The Balaban J connectivity index is 2.20. The van der Waals surface area contributed by atoms with Crippen LogP contribution in [0.3, 0.4) is 0 Å². The van der Waals surface area contributed by atoms with Crippen LogP contribution in [0.1, 0.15) is 0 Å². The van der Waals surface area contributed by atoms with E-state index >= 15 is 0 Å². The lowest BCUT2D eigenvalue weighted by atomic mass is 10.3. The second-order valence-corrected chi connectivity index (χ2v) is 5.84. The number of benzene rings is 1. The van der Waals surface area contributed by atoms with E-state index in [1.165, 1.54) is 4.70 Å². The number of fused-ring (bicyclic) bond motifs is 1. The maximum atomic E-state index is 4.65. The molecule has 2 aromatic heterocycles. The zero-order valence-corrected chi connectivity index (χ0v) is 11.6. The Hall–Kier alpha value is -1.26. The van der Waals surface area contributed by atoms with Gasteiger partial charge in [0.25, 0.3) is 0 Å². The Morgan fingerprint density at radius 3 is 2.82 bits per heavy atom. The minimum atomic E-state index is 1.06. The molecule has 0 amide bonds. The molecule has 2 nitrogen and oxygen atoms in total. The maximum absolute atomic E-state index is 4.65. The van der Waals surface area contributed by atoms with E-state index in [1.807, 2.05) is 36.0 Å². The molecule has 0 fully saturated rings. The van der Waals surface area contributed by atoms with Crippen molar-refractivity contribution in [3.05, 3.63) is 47.2 Å². The van der Waals surface area contributed by atoms with Gasteiger partial charge in [-0.05, 0) is 34.1 Å². The SMILES string of the molecule is C[n+]1cc(Br)cc(-c2nc3ccccc3s2)c1. The minimum Gasteiger partial charge on any atom is -0.236 e. The molecular formula is C13H10BrN2S+. The molecule has 0 bridgehead atoms. The highest BCUT2D eigenvalue weighted by Gasteiger charge is 2.10. The number of pyridine rings is 1. The molecule has 0 saturated carbocycles. The maximum Gasteiger partial charge on any atom is 0.182 e. The van der Waals surface area contributed by atoms with Crippen LogP contribution in [-0.2, 0) is 7.05 Å². The van der Waals surface area contributed by atoms with Crippen molar-refractivity contribution in [2.24, 2.45) is 7.05 Å². The molecule has 17 heavy (non-hydrogen) atoms. The second-order valence-electron chi connectivity index (χ2n) is 3.89. The first kappa shape index (κ1) is 10.9. The Morgan fingerprint density at radius 1 is 1.24 bits per heavy atom. The van der Waals surface area contributed by atoms with Gasteiger partial charge in [-0.15, -0.1) is 11.3 Å². The van der Waals surface area contributed by atoms with Crippen molar-refractivity contribution in [1.29, 1.82) is 0 Å². The number of hydrogen-bond acceptors (Lipinski definition) is 2. The predicted molar refractivity (Wildman–Crippen MR) is 73.9 cm³/mol. The molecule has 0 aliphatic carbocycles. The summed E-state index contributed by atoms with van der Waals surface area (Å²) in [4.78, 5) is 4.65. The van der Waals surface area contributed by atoms with Gasteiger partial charge in [0.15, 0.2) is 12.4 Å². The van der Waals surface area contributed by atoms with Crippen LogP contribution >= 0.6 is 27.3 Å². The fourth-order valence-corrected chi connectivity index (χ4v) is 3.30. The normalized spacial score (nSPS) is 10.9. The van der Waals surface area contributed by atoms with E-state index < -0.39 is 0 Å². The van der Waals surface area contributed by atoms with E-state index in [0.29, 0.717) is 0 Å². The summed E-state index contributed by atoms with van der Waals surface area (Å²) in [6.07, 6.45) is 4.11. The van der Waals surface area contributed by atoms with Gasteiger partial charge in [-0.1, -0.05) is 12.1 Å². The van der Waals surface area contributed by atoms with Crippen LogP contribution < -0.4 is 4.57 Å². The van der Waals surface area contributed by atoms with Crippen LogP contribution in [0.15, 0.2) is 47.2 Å². The molecule has 2 heterocycles. The first-order valence-electron chi connectivity index (χ1n) is 5.24. The molecule has 3 aromatic rings. The average molecular weight is 306 g/mol. The number of hydrogen-bond donors (Lipinski definition) is 0. The minimum absolute atomic E-state index is 1.06. The van der Waals surface area contributed by atoms with Crippen LogP contribution in [0.25, 0.3) is 20.8 Å². The van der Waals surface area contributed by atoms with Crippen molar-refractivity contribution in [3.8, 4) is 10.6 Å². The topological polar surface area (TPSA) is 16.8 Å². The van der Waals surface area contributed by atoms with E-state index in [4.69, 9.17) is 0 Å². The number of aryl methyl sites for hydroxylation is 1. The zero-order chi connectivity index (χ0) is 11.8. The van der Waals surface area contributed by atoms with Crippen LogP contribution in [0, 0.1) is 0 Å². The average Bonchev–Trinajstić information content (AvgIpc) is 2.71. The van der Waals surface area contributed by atoms with Gasteiger partial charge in [0.2, 0.25) is 0 Å². The largest absolute Gasteiger partial charge is 0.236 e. The fourth-order valence-electron chi connectivity index (χ4n) is 1.79. The Labute approximate surface area is 112 Å². The van der Waals surface area contributed by atoms with E-state index in [1.54, 1.807) is 11.3 Å². The van der Waals surface area contributed by atoms with Crippen LogP contribution in [0.5, 0.6) is 0 Å². The highest BCUT2D eigenvalue weighted by molar-refractivity contribution is 9.10. The Morgan fingerprint density at radius 2 is 2.06 bits per heavy atom. The van der Waals surface area contributed by atoms with E-state index in [9.17, 15) is 0 Å². The molecule has 84 valence electrons. The van der Waals surface area contributed by atoms with Gasteiger partial charge < -0.3 is 0 Å². The van der Waals surface area contributed by atoms with E-state index in [0.717, 1.165) is 20.6 Å². The summed E-state index contributed by atoms with van der Waals surface area (Å²) in [5.74, 6) is 0. The van der Waals surface area contributed by atoms with Crippen molar-refractivity contribution >= 4 is 37.5 Å². The number of para-hydroxylation sites is 1. The monoisotopic (exact) mass is 305 g/mol. The second kappa shape index (κ2) is 4.20. The molecule has 0 aliphatic rings. The quantitative estimate of drug-likeness (QED) is 0.628. The fraction of sp³-hybridized carbons (Fsp3) is 0.0769. The summed E-state index contributed by atoms with van der Waals surface area (Å²) in [7, 11) is 2.02. The van der Waals surface area contributed by atoms with Gasteiger partial charge >= 0.3 is 0 Å². The third kappa shape index (κ3) is 2.10. The lowest BCUT2D eigenvalue weighted by Gasteiger charge is -1.95. The first-order chi connectivity index (χ1) is 8.22. The molecule has 0 atom stereocenters. The first-order valence-corrected chi connectivity index (χ1v) is 6.85. The van der Waals surface area contributed by atoms with Crippen LogP contribution in [-0.4, -0.2) is 4.98 Å². The zero-order valence-electron chi connectivity index (χ0n) is 9.22. The van der Waals surface area contributed by atoms with Gasteiger partial charge in [0.1, 0.15) is 12.1 Å². The van der Waals surface area contributed by atoms with Gasteiger partial charge in [-0.25, -0.2) is 9.55 Å². The van der Waals surface area contributed by atoms with Crippen molar-refractivity contribution < 1.29 is 4.57 Å². The van der Waals surface area contributed by atoms with Gasteiger partial charge in [0.05, 0.1) is 20.3 Å². The summed E-state index contributed by atoms with van der Waals surface area (Å²) in [6, 6.07) is 10.3. The van der Waals surface area contributed by atoms with Gasteiger partial charge in [-0.2, -0.15) is 0 Å². The van der Waals surface area contributed by atoms with E-state index in [-0.39, 0.29) is 0 Å². The van der Waals surface area contributed by atoms with Crippen LogP contribution in [0.4, 0.5) is 0 Å². The Kier molecular flexibility index (Phi) is 2.68. The number of nitrogens with zero attached hydrogens (tertiary/aromatic N) is 2. The smallest absolute Gasteiger partial charge is 0.182 e. The highest BCUT2D eigenvalue weighted by Crippen LogP contribution is 2.30. The number of halogens is 1. The molecule has 4 heteroatoms. The third-order valence-corrected chi connectivity index (χ3v) is 4.02. The number of aromatic nitrogens is 2. The lowest BCUT2D eigenvalue weighted by Crippen LogP contribution is -2.26. The molecule has 0 unspecified atom stereocenters. The van der Waals surface area contributed by atoms with Crippen molar-refractivity contribution in [2.45, 2.75) is 0 Å². The molecular weight excluding hydrogens is 296 g/mol. The van der Waals surface area contributed by atoms with Crippen molar-refractivity contribution in [2.75, 3.05) is 0 Å². The third-order valence-electron chi connectivity index (χ3n) is 2.50. The molecule has 0 saturated heterocycles. The summed E-state index contributed by atoms with van der Waals surface area (Å²) in [6.45, 7) is 0. The van der Waals surface area contributed by atoms with Gasteiger partial charge in [-0.3, -0.25) is 0 Å². The Bertz CT molecular complexity index is 637. The lowest BCUT2D eigenvalue weighted by molar-refractivity contribution is -0.671. The molecule has 1 aromatic carbocycles. The molecule has 0 N–H and O–H groups in total. The summed E-state index contributed by atoms with van der Waals surface area (Å²) < 4.78 is 4.33. The van der Waals surface area contributed by atoms with E-state index in [2.05, 4.69) is 39.2 Å². The molecule has 0 radical (unpaired) electrons.